The summed E-state index contributed by atoms with van der Waals surface area (Å²) in [6, 6.07) is 26.3. The predicted molar refractivity (Wildman–Crippen MR) is 120 cm³/mol. The van der Waals surface area contributed by atoms with E-state index in [0.29, 0.717) is 6.04 Å². The monoisotopic (exact) mass is 383 g/mol. The molecular weight excluding hydrogens is 357 g/mol. The smallest absolute Gasteiger partial charge is 0.123 e. The largest absolute Gasteiger partial charge is 0.310 e. The molecule has 29 heavy (non-hydrogen) atoms. The van der Waals surface area contributed by atoms with Crippen molar-refractivity contribution >= 4 is 11.6 Å². The summed E-state index contributed by atoms with van der Waals surface area (Å²) in [5.41, 5.74) is 6.39. The Kier molecular flexibility index (Phi) is 6.33. The second kappa shape index (κ2) is 9.49. The summed E-state index contributed by atoms with van der Waals surface area (Å²) < 4.78 is 13.2. The molecule has 1 aliphatic heterocycles. The third-order valence-electron chi connectivity index (χ3n) is 5.42. The van der Waals surface area contributed by atoms with Gasteiger partial charge in [-0.05, 0) is 59.2 Å². The van der Waals surface area contributed by atoms with Crippen LogP contribution in [-0.4, -0.2) is 12.6 Å². The lowest BCUT2D eigenvalue weighted by Gasteiger charge is -2.25. The maximum absolute atomic E-state index is 13.2. The van der Waals surface area contributed by atoms with E-state index in [1.54, 1.807) is 0 Å². The zero-order valence-corrected chi connectivity index (χ0v) is 16.5. The van der Waals surface area contributed by atoms with E-state index in [4.69, 9.17) is 0 Å². The van der Waals surface area contributed by atoms with Gasteiger partial charge in [-0.2, -0.15) is 0 Å². The molecule has 1 heterocycles. The molecule has 1 unspecified atom stereocenters. The van der Waals surface area contributed by atoms with E-state index in [0.717, 1.165) is 31.4 Å². The second-order valence-corrected chi connectivity index (χ2v) is 7.55. The molecule has 1 atom stereocenters. The van der Waals surface area contributed by atoms with Gasteiger partial charge < -0.3 is 5.32 Å². The van der Waals surface area contributed by atoms with Gasteiger partial charge >= 0.3 is 0 Å². The van der Waals surface area contributed by atoms with Crippen molar-refractivity contribution < 1.29 is 4.39 Å². The third kappa shape index (κ3) is 5.30. The van der Waals surface area contributed by atoms with Crippen LogP contribution in [0, 0.1) is 5.82 Å². The normalized spacial score (nSPS) is 16.7. The highest BCUT2D eigenvalue weighted by atomic mass is 19.1. The Balaban J connectivity index is 1.45. The molecule has 1 nitrogen and oxygen atoms in total. The van der Waals surface area contributed by atoms with Crippen LogP contribution in [0.15, 0.2) is 91.0 Å². The van der Waals surface area contributed by atoms with Gasteiger partial charge in [0.1, 0.15) is 5.82 Å². The van der Waals surface area contributed by atoms with Crippen LogP contribution in [0.3, 0.4) is 0 Å². The van der Waals surface area contributed by atoms with Crippen molar-refractivity contribution in [1.29, 1.82) is 0 Å². The molecule has 0 aliphatic carbocycles. The molecule has 0 bridgehead atoms. The average molecular weight is 384 g/mol. The molecule has 0 fully saturated rings. The summed E-state index contributed by atoms with van der Waals surface area (Å²) >= 11 is 0. The van der Waals surface area contributed by atoms with Gasteiger partial charge in [-0.1, -0.05) is 85.0 Å². The zero-order valence-electron chi connectivity index (χ0n) is 16.5. The maximum atomic E-state index is 13.2. The summed E-state index contributed by atoms with van der Waals surface area (Å²) in [6.45, 7) is 0.893. The predicted octanol–water partition coefficient (Wildman–Crippen LogP) is 6.27. The minimum Gasteiger partial charge on any atom is -0.310 e. The van der Waals surface area contributed by atoms with Crippen molar-refractivity contribution in [2.45, 2.75) is 25.3 Å². The Morgan fingerprint density at radius 1 is 0.897 bits per heavy atom. The minimum atomic E-state index is -0.186. The van der Waals surface area contributed by atoms with Crippen LogP contribution in [0.25, 0.3) is 11.6 Å². The second-order valence-electron chi connectivity index (χ2n) is 7.55. The fraction of sp³-hybridized carbons (Fsp3) is 0.185. The zero-order chi connectivity index (χ0) is 19.9. The molecule has 146 valence electrons. The first-order valence-corrected chi connectivity index (χ1v) is 10.2. The molecule has 2 heteroatoms. The van der Waals surface area contributed by atoms with E-state index >= 15 is 0 Å². The van der Waals surface area contributed by atoms with Gasteiger partial charge in [-0.25, -0.2) is 4.39 Å². The number of halogens is 1. The molecule has 0 aromatic heterocycles. The van der Waals surface area contributed by atoms with E-state index in [1.807, 2.05) is 18.2 Å². The molecule has 3 aromatic rings. The van der Waals surface area contributed by atoms with Crippen molar-refractivity contribution in [3.8, 4) is 0 Å². The third-order valence-corrected chi connectivity index (χ3v) is 5.42. The Labute approximate surface area is 172 Å². The molecule has 4 rings (SSSR count). The van der Waals surface area contributed by atoms with Crippen molar-refractivity contribution in [2.24, 2.45) is 0 Å². The summed E-state index contributed by atoms with van der Waals surface area (Å²) in [7, 11) is 0. The van der Waals surface area contributed by atoms with Crippen LogP contribution < -0.4 is 5.32 Å². The number of nitrogens with one attached hydrogen (secondary N) is 1. The summed E-state index contributed by atoms with van der Waals surface area (Å²) in [4.78, 5) is 0. The maximum Gasteiger partial charge on any atom is 0.123 e. The number of hydrogen-bond donors (Lipinski definition) is 1. The van der Waals surface area contributed by atoms with E-state index in [1.165, 1.54) is 34.4 Å². The molecule has 0 radical (unpaired) electrons. The van der Waals surface area contributed by atoms with E-state index in [2.05, 4.69) is 72.1 Å². The lowest BCUT2D eigenvalue weighted by Crippen LogP contribution is -2.32. The molecule has 1 aliphatic rings. The fourth-order valence-electron chi connectivity index (χ4n) is 3.90. The molecule has 0 spiro atoms. The van der Waals surface area contributed by atoms with Gasteiger partial charge in [-0.15, -0.1) is 0 Å². The Bertz CT molecular complexity index is 987. The van der Waals surface area contributed by atoms with Crippen LogP contribution in [-0.2, 0) is 6.42 Å². The van der Waals surface area contributed by atoms with Crippen LogP contribution >= 0.6 is 0 Å². The first kappa shape index (κ1) is 19.4. The van der Waals surface area contributed by atoms with Crippen molar-refractivity contribution in [3.05, 3.63) is 119 Å². The number of rotatable bonds is 6. The fourth-order valence-corrected chi connectivity index (χ4v) is 3.90. The SMILES string of the molecule is Fc1ccc(Cc2ccccc2C2=CCNC(C/C=C/c3ccccc3)C2)cc1. The van der Waals surface area contributed by atoms with E-state index < -0.39 is 0 Å². The van der Waals surface area contributed by atoms with Crippen LogP contribution in [0.1, 0.15) is 35.1 Å². The highest BCUT2D eigenvalue weighted by molar-refractivity contribution is 5.70. The molecule has 3 aromatic carbocycles. The summed E-state index contributed by atoms with van der Waals surface area (Å²) in [5.74, 6) is -0.186. The van der Waals surface area contributed by atoms with Crippen molar-refractivity contribution in [3.63, 3.8) is 0 Å². The van der Waals surface area contributed by atoms with Gasteiger partial charge in [0, 0.05) is 12.6 Å². The van der Waals surface area contributed by atoms with Gasteiger partial charge in [0.2, 0.25) is 0 Å². The summed E-state index contributed by atoms with van der Waals surface area (Å²) in [5, 5.41) is 3.61. The quantitative estimate of drug-likeness (QED) is 0.529. The highest BCUT2D eigenvalue weighted by Crippen LogP contribution is 2.28. The number of hydrogen-bond acceptors (Lipinski definition) is 1. The van der Waals surface area contributed by atoms with Crippen molar-refractivity contribution in [2.75, 3.05) is 6.54 Å². The Hall–Kier alpha value is -2.97. The first-order chi connectivity index (χ1) is 14.3. The van der Waals surface area contributed by atoms with Gasteiger partial charge in [0.05, 0.1) is 0 Å². The average Bonchev–Trinajstić information content (AvgIpc) is 2.77. The Morgan fingerprint density at radius 3 is 2.48 bits per heavy atom. The topological polar surface area (TPSA) is 12.0 Å². The van der Waals surface area contributed by atoms with Gasteiger partial charge in [0.15, 0.2) is 0 Å². The van der Waals surface area contributed by atoms with Gasteiger partial charge in [-0.3, -0.25) is 0 Å². The highest BCUT2D eigenvalue weighted by Gasteiger charge is 2.17. The van der Waals surface area contributed by atoms with Gasteiger partial charge in [0.25, 0.3) is 0 Å². The minimum absolute atomic E-state index is 0.186. The van der Waals surface area contributed by atoms with E-state index in [9.17, 15) is 4.39 Å². The van der Waals surface area contributed by atoms with Crippen molar-refractivity contribution in [1.82, 2.24) is 5.32 Å². The Morgan fingerprint density at radius 2 is 1.66 bits per heavy atom. The lowest BCUT2D eigenvalue weighted by molar-refractivity contribution is 0.542. The number of benzene rings is 3. The molecule has 0 saturated carbocycles. The van der Waals surface area contributed by atoms with Crippen LogP contribution in [0.2, 0.25) is 0 Å². The van der Waals surface area contributed by atoms with Crippen LogP contribution in [0.5, 0.6) is 0 Å². The van der Waals surface area contributed by atoms with E-state index in [-0.39, 0.29) is 5.82 Å². The van der Waals surface area contributed by atoms with Crippen LogP contribution in [0.4, 0.5) is 4.39 Å². The molecule has 1 N–H and O–H groups in total. The lowest BCUT2D eigenvalue weighted by atomic mass is 9.89. The first-order valence-electron chi connectivity index (χ1n) is 10.2. The molecule has 0 saturated heterocycles. The molecule has 0 amide bonds. The summed E-state index contributed by atoms with van der Waals surface area (Å²) in [6.07, 6.45) is 9.61. The standard InChI is InChI=1S/C27H26FN/c28-25-15-13-22(14-16-25)19-23-10-4-5-12-27(23)24-17-18-29-26(20-24)11-6-9-21-7-2-1-3-8-21/h1-10,12-17,26,29H,11,18-20H2/b9-6+. The molecular formula is C27H26FN.